The number of hydrogen-bond donors (Lipinski definition) is 2. The molecule has 28 heavy (non-hydrogen) atoms. The number of carbonyl (C=O) groups excluding carboxylic acids is 2. The number of nitrogens with one attached hydrogen (secondary N) is 2. The molecule has 1 saturated carbocycles. The van der Waals surface area contributed by atoms with Crippen molar-refractivity contribution in [1.29, 1.82) is 0 Å². The first-order valence-corrected chi connectivity index (χ1v) is 8.98. The van der Waals surface area contributed by atoms with Gasteiger partial charge in [-0.1, -0.05) is 36.4 Å². The van der Waals surface area contributed by atoms with Crippen molar-refractivity contribution in [3.05, 3.63) is 64.7 Å². The topological polar surface area (TPSA) is 58.2 Å². The van der Waals surface area contributed by atoms with Crippen LogP contribution in [-0.2, 0) is 15.8 Å². The van der Waals surface area contributed by atoms with Crippen molar-refractivity contribution >= 4 is 17.5 Å². The van der Waals surface area contributed by atoms with Crippen molar-refractivity contribution < 1.29 is 22.8 Å². The fourth-order valence-corrected chi connectivity index (χ4v) is 3.40. The molecule has 2 aromatic carbocycles. The molecule has 7 heteroatoms. The molecule has 2 aromatic rings. The van der Waals surface area contributed by atoms with Crippen LogP contribution in [0.3, 0.4) is 0 Å². The van der Waals surface area contributed by atoms with Gasteiger partial charge in [0.2, 0.25) is 11.8 Å². The highest BCUT2D eigenvalue weighted by atomic mass is 19.4. The second-order valence-electron chi connectivity index (χ2n) is 7.07. The summed E-state index contributed by atoms with van der Waals surface area (Å²) < 4.78 is 39.4. The molecule has 0 radical (unpaired) electrons. The van der Waals surface area contributed by atoms with Crippen LogP contribution in [0.4, 0.5) is 18.9 Å². The summed E-state index contributed by atoms with van der Waals surface area (Å²) >= 11 is 0. The number of benzene rings is 2. The van der Waals surface area contributed by atoms with Crippen molar-refractivity contribution in [2.45, 2.75) is 32.4 Å². The number of halogens is 3. The quantitative estimate of drug-likeness (QED) is 0.805. The lowest BCUT2D eigenvalue weighted by Crippen LogP contribution is -2.34. The molecule has 4 nitrogen and oxygen atoms in total. The van der Waals surface area contributed by atoms with E-state index in [1.165, 1.54) is 18.2 Å². The molecule has 0 spiro atoms. The Morgan fingerprint density at radius 1 is 1.04 bits per heavy atom. The Kier molecular flexibility index (Phi) is 5.45. The molecule has 1 fully saturated rings. The van der Waals surface area contributed by atoms with Crippen LogP contribution in [0.25, 0.3) is 0 Å². The minimum absolute atomic E-state index is 0.134. The van der Waals surface area contributed by atoms with Crippen LogP contribution in [0.1, 0.15) is 34.6 Å². The van der Waals surface area contributed by atoms with Crippen LogP contribution < -0.4 is 10.6 Å². The molecule has 2 atom stereocenters. The van der Waals surface area contributed by atoms with E-state index in [2.05, 4.69) is 10.6 Å². The molecule has 0 heterocycles. The highest BCUT2D eigenvalue weighted by Crippen LogP contribution is 2.50. The van der Waals surface area contributed by atoms with E-state index in [0.29, 0.717) is 12.1 Å². The molecule has 0 aromatic heterocycles. The minimum Gasteiger partial charge on any atom is -0.347 e. The predicted octanol–water partition coefficient (Wildman–Crippen LogP) is 4.18. The van der Waals surface area contributed by atoms with Gasteiger partial charge in [0.05, 0.1) is 12.1 Å². The van der Waals surface area contributed by atoms with E-state index in [9.17, 15) is 22.8 Å². The van der Waals surface area contributed by atoms with Gasteiger partial charge in [-0.25, -0.2) is 0 Å². The van der Waals surface area contributed by atoms with Gasteiger partial charge in [-0.15, -0.1) is 0 Å². The van der Waals surface area contributed by atoms with E-state index in [4.69, 9.17) is 0 Å². The third-order valence-corrected chi connectivity index (χ3v) is 4.96. The van der Waals surface area contributed by atoms with Gasteiger partial charge in [0.25, 0.3) is 0 Å². The van der Waals surface area contributed by atoms with E-state index in [0.717, 1.165) is 17.2 Å². The molecule has 1 aliphatic carbocycles. The zero-order valence-electron chi connectivity index (χ0n) is 15.6. The number of aryl methyl sites for hydroxylation is 2. The SMILES string of the molecule is Cc1cccc(C)c1NC(=O)CNC(=O)C1CC1c1ccccc1C(F)(F)F. The lowest BCUT2D eigenvalue weighted by Gasteiger charge is -2.13. The zero-order valence-corrected chi connectivity index (χ0v) is 15.6. The molecule has 2 N–H and O–H groups in total. The Hall–Kier alpha value is -2.83. The summed E-state index contributed by atoms with van der Waals surface area (Å²) in [5.74, 6) is -1.80. The number of carbonyl (C=O) groups is 2. The van der Waals surface area contributed by atoms with Gasteiger partial charge in [-0.3, -0.25) is 9.59 Å². The minimum atomic E-state index is -4.45. The second kappa shape index (κ2) is 7.66. The average Bonchev–Trinajstić information content (AvgIpc) is 3.43. The van der Waals surface area contributed by atoms with Crippen molar-refractivity contribution in [3.63, 3.8) is 0 Å². The van der Waals surface area contributed by atoms with Gasteiger partial charge in [0.1, 0.15) is 0 Å². The number of hydrogen-bond acceptors (Lipinski definition) is 2. The lowest BCUT2D eigenvalue weighted by atomic mass is 10.0. The van der Waals surface area contributed by atoms with E-state index in [1.807, 2.05) is 32.0 Å². The first-order valence-electron chi connectivity index (χ1n) is 8.98. The van der Waals surface area contributed by atoms with Gasteiger partial charge >= 0.3 is 6.18 Å². The Balaban J connectivity index is 1.57. The van der Waals surface area contributed by atoms with E-state index in [-0.39, 0.29) is 18.0 Å². The third-order valence-electron chi connectivity index (χ3n) is 4.96. The zero-order chi connectivity index (χ0) is 20.5. The Bertz CT molecular complexity index is 889. The molecule has 0 saturated heterocycles. The molecule has 148 valence electrons. The first kappa shape index (κ1) is 19.9. The van der Waals surface area contributed by atoms with Crippen LogP contribution >= 0.6 is 0 Å². The Labute approximate surface area is 161 Å². The van der Waals surface area contributed by atoms with E-state index >= 15 is 0 Å². The maximum absolute atomic E-state index is 13.1. The molecular weight excluding hydrogens is 369 g/mol. The summed E-state index contributed by atoms with van der Waals surface area (Å²) in [4.78, 5) is 24.4. The normalized spacial score (nSPS) is 18.5. The highest BCUT2D eigenvalue weighted by molar-refractivity contribution is 5.96. The van der Waals surface area contributed by atoms with Crippen LogP contribution in [0.5, 0.6) is 0 Å². The monoisotopic (exact) mass is 390 g/mol. The molecular formula is C21H21F3N2O2. The van der Waals surface area contributed by atoms with Crippen LogP contribution in [0.2, 0.25) is 0 Å². The summed E-state index contributed by atoms with van der Waals surface area (Å²) in [6.45, 7) is 3.51. The van der Waals surface area contributed by atoms with Crippen molar-refractivity contribution in [3.8, 4) is 0 Å². The van der Waals surface area contributed by atoms with E-state index < -0.39 is 29.5 Å². The summed E-state index contributed by atoms with van der Waals surface area (Å²) in [5, 5.41) is 5.29. The van der Waals surface area contributed by atoms with Crippen molar-refractivity contribution in [2.24, 2.45) is 5.92 Å². The fourth-order valence-electron chi connectivity index (χ4n) is 3.40. The van der Waals surface area contributed by atoms with Crippen molar-refractivity contribution in [1.82, 2.24) is 5.32 Å². The molecule has 0 bridgehead atoms. The third kappa shape index (κ3) is 4.35. The molecule has 2 amide bonds. The summed E-state index contributed by atoms with van der Waals surface area (Å²) in [5.41, 5.74) is 1.94. The lowest BCUT2D eigenvalue weighted by molar-refractivity contribution is -0.138. The highest BCUT2D eigenvalue weighted by Gasteiger charge is 2.47. The maximum atomic E-state index is 13.1. The average molecular weight is 390 g/mol. The Morgan fingerprint density at radius 3 is 2.32 bits per heavy atom. The van der Waals surface area contributed by atoms with Gasteiger partial charge < -0.3 is 10.6 Å². The van der Waals surface area contributed by atoms with E-state index in [1.54, 1.807) is 0 Å². The number of amides is 2. The number of alkyl halides is 3. The van der Waals surface area contributed by atoms with Gasteiger partial charge in [0, 0.05) is 11.6 Å². The molecule has 0 aliphatic heterocycles. The maximum Gasteiger partial charge on any atom is 0.416 e. The number of anilines is 1. The smallest absolute Gasteiger partial charge is 0.347 e. The van der Waals surface area contributed by atoms with Gasteiger partial charge in [0.15, 0.2) is 0 Å². The molecule has 1 aliphatic rings. The standard InChI is InChI=1S/C21H21F3N2O2/c1-12-6-5-7-13(2)19(12)26-18(27)11-25-20(28)16-10-15(16)14-8-3-4-9-17(14)21(22,23)24/h3-9,15-16H,10-11H2,1-2H3,(H,25,28)(H,26,27). The Morgan fingerprint density at radius 2 is 1.68 bits per heavy atom. The fraction of sp³-hybridized carbons (Fsp3) is 0.333. The van der Waals surface area contributed by atoms with Gasteiger partial charge in [-0.2, -0.15) is 13.2 Å². The predicted molar refractivity (Wildman–Crippen MR) is 99.8 cm³/mol. The summed E-state index contributed by atoms with van der Waals surface area (Å²) in [7, 11) is 0. The molecule has 2 unspecified atom stereocenters. The summed E-state index contributed by atoms with van der Waals surface area (Å²) in [6, 6.07) is 10.9. The van der Waals surface area contributed by atoms with Crippen LogP contribution in [-0.4, -0.2) is 18.4 Å². The van der Waals surface area contributed by atoms with Crippen LogP contribution in [0.15, 0.2) is 42.5 Å². The van der Waals surface area contributed by atoms with Gasteiger partial charge in [-0.05, 0) is 48.9 Å². The second-order valence-corrected chi connectivity index (χ2v) is 7.07. The van der Waals surface area contributed by atoms with Crippen molar-refractivity contribution in [2.75, 3.05) is 11.9 Å². The largest absolute Gasteiger partial charge is 0.416 e. The summed E-state index contributed by atoms with van der Waals surface area (Å²) in [6.07, 6.45) is -4.11. The number of rotatable bonds is 5. The number of para-hydroxylation sites is 1. The molecule has 3 rings (SSSR count). The first-order chi connectivity index (χ1) is 13.2. The van der Waals surface area contributed by atoms with Crippen LogP contribution in [0, 0.1) is 19.8 Å².